The highest BCUT2D eigenvalue weighted by Crippen LogP contribution is 2.39. The average molecular weight is 480 g/mol. The first-order valence-corrected chi connectivity index (χ1v) is 12.1. The second-order valence-electron chi connectivity index (χ2n) is 8.83. The molecule has 0 spiro atoms. The van der Waals surface area contributed by atoms with E-state index in [1.165, 1.54) is 22.9 Å². The van der Waals surface area contributed by atoms with Gasteiger partial charge in [-0.05, 0) is 48.2 Å². The fraction of sp³-hybridized carbons (Fsp3) is 0.280. The molecule has 0 aliphatic carbocycles. The number of amides is 1. The Morgan fingerprint density at radius 3 is 2.82 bits per heavy atom. The van der Waals surface area contributed by atoms with Crippen molar-refractivity contribution in [3.05, 3.63) is 80.9 Å². The lowest BCUT2D eigenvalue weighted by atomic mass is 9.93. The Hall–Kier alpha value is -3.30. The van der Waals surface area contributed by atoms with E-state index in [1.807, 2.05) is 31.2 Å². The number of morpholine rings is 1. The van der Waals surface area contributed by atoms with Crippen molar-refractivity contribution >= 4 is 17.7 Å². The van der Waals surface area contributed by atoms with E-state index in [0.717, 1.165) is 21.6 Å². The van der Waals surface area contributed by atoms with Crippen molar-refractivity contribution in [3.8, 4) is 17.0 Å². The summed E-state index contributed by atoms with van der Waals surface area (Å²) in [4.78, 5) is 28.9. The predicted octanol–water partition coefficient (Wildman–Crippen LogP) is 3.30. The van der Waals surface area contributed by atoms with Crippen molar-refractivity contribution in [3.63, 3.8) is 0 Å². The van der Waals surface area contributed by atoms with Crippen molar-refractivity contribution < 1.29 is 19.0 Å². The van der Waals surface area contributed by atoms with Gasteiger partial charge in [0.2, 0.25) is 5.43 Å². The Morgan fingerprint density at radius 2 is 1.97 bits per heavy atom. The highest BCUT2D eigenvalue weighted by atomic mass is 32.2. The molecule has 7 nitrogen and oxygen atoms in total. The van der Waals surface area contributed by atoms with Gasteiger partial charge in [0.25, 0.3) is 5.91 Å². The van der Waals surface area contributed by atoms with E-state index in [0.29, 0.717) is 30.0 Å². The zero-order valence-electron chi connectivity index (χ0n) is 18.4. The van der Waals surface area contributed by atoms with E-state index in [-0.39, 0.29) is 18.3 Å². The van der Waals surface area contributed by atoms with Gasteiger partial charge in [-0.25, -0.2) is 9.07 Å². The van der Waals surface area contributed by atoms with E-state index in [2.05, 4.69) is 5.43 Å². The summed E-state index contributed by atoms with van der Waals surface area (Å²) in [5.74, 6) is -0.921. The number of fused-ring (bicyclic) bond motifs is 4. The molecule has 2 N–H and O–H groups in total. The third kappa shape index (κ3) is 3.22. The van der Waals surface area contributed by atoms with Crippen LogP contribution in [0.4, 0.5) is 4.39 Å². The highest BCUT2D eigenvalue weighted by molar-refractivity contribution is 7.98. The molecule has 174 valence electrons. The summed E-state index contributed by atoms with van der Waals surface area (Å²) >= 11 is 1.65. The lowest BCUT2D eigenvalue weighted by molar-refractivity contribution is -0.0309. The summed E-state index contributed by atoms with van der Waals surface area (Å²) in [5.41, 5.74) is 6.10. The van der Waals surface area contributed by atoms with Crippen LogP contribution < -0.4 is 10.9 Å². The molecule has 3 aromatic rings. The van der Waals surface area contributed by atoms with Crippen LogP contribution in [-0.2, 0) is 16.9 Å². The molecule has 1 amide bonds. The van der Waals surface area contributed by atoms with Crippen LogP contribution in [0, 0.1) is 5.82 Å². The van der Waals surface area contributed by atoms with E-state index in [4.69, 9.17) is 4.74 Å². The second kappa shape index (κ2) is 7.89. The predicted molar refractivity (Wildman–Crippen MR) is 126 cm³/mol. The van der Waals surface area contributed by atoms with Gasteiger partial charge in [-0.15, -0.1) is 11.8 Å². The Balaban J connectivity index is 1.58. The Labute approximate surface area is 199 Å². The number of ether oxygens (including phenoxy) is 1. The number of rotatable bonds is 1. The molecular formula is C25H22FN3O4S. The zero-order chi connectivity index (χ0) is 23.6. The molecule has 2 aromatic carbocycles. The monoisotopic (exact) mass is 479 g/mol. The highest BCUT2D eigenvalue weighted by Gasteiger charge is 2.41. The number of benzene rings is 2. The summed E-state index contributed by atoms with van der Waals surface area (Å²) < 4.78 is 21.9. The van der Waals surface area contributed by atoms with Gasteiger partial charge < -0.3 is 20.2 Å². The Kier molecular flexibility index (Phi) is 4.93. The number of halogens is 1. The second-order valence-corrected chi connectivity index (χ2v) is 9.85. The maximum atomic E-state index is 14.8. The molecule has 0 saturated carbocycles. The van der Waals surface area contributed by atoms with E-state index in [9.17, 15) is 19.1 Å². The van der Waals surface area contributed by atoms with Crippen LogP contribution in [0.2, 0.25) is 0 Å². The maximum absolute atomic E-state index is 14.8. The van der Waals surface area contributed by atoms with Gasteiger partial charge in [-0.2, -0.15) is 0 Å². The first kappa shape index (κ1) is 21.2. The van der Waals surface area contributed by atoms with Crippen molar-refractivity contribution in [1.29, 1.82) is 0 Å². The third-order valence-electron chi connectivity index (χ3n) is 6.66. The number of pyridine rings is 1. The largest absolute Gasteiger partial charge is 0.502 e. The van der Waals surface area contributed by atoms with E-state index in [1.54, 1.807) is 16.7 Å². The lowest BCUT2D eigenvalue weighted by Crippen LogP contribution is -2.62. The molecule has 1 fully saturated rings. The molecule has 0 radical (unpaired) electrons. The first-order chi connectivity index (χ1) is 16.4. The number of carbonyl (C=O) groups excluding carboxylic acids is 1. The summed E-state index contributed by atoms with van der Waals surface area (Å²) in [6.07, 6.45) is 0.0789. The number of nitrogens with one attached hydrogen (secondary N) is 1. The fourth-order valence-corrected chi connectivity index (χ4v) is 6.12. The van der Waals surface area contributed by atoms with Gasteiger partial charge in [0.15, 0.2) is 11.4 Å². The van der Waals surface area contributed by atoms with Crippen molar-refractivity contribution in [2.24, 2.45) is 0 Å². The minimum Gasteiger partial charge on any atom is -0.502 e. The van der Waals surface area contributed by atoms with Crippen LogP contribution in [0.3, 0.4) is 0 Å². The van der Waals surface area contributed by atoms with Gasteiger partial charge in [-0.3, -0.25) is 9.59 Å². The summed E-state index contributed by atoms with van der Waals surface area (Å²) in [6.45, 7) is 2.47. The fourth-order valence-electron chi connectivity index (χ4n) is 5.06. The van der Waals surface area contributed by atoms with Crippen LogP contribution >= 0.6 is 11.8 Å². The quantitative estimate of drug-likeness (QED) is 0.557. The molecule has 3 aliphatic rings. The van der Waals surface area contributed by atoms with Gasteiger partial charge in [-0.1, -0.05) is 18.2 Å². The maximum Gasteiger partial charge on any atom is 0.278 e. The number of hydrogen-bond acceptors (Lipinski definition) is 6. The average Bonchev–Trinajstić information content (AvgIpc) is 3.00. The molecule has 1 aromatic heterocycles. The van der Waals surface area contributed by atoms with E-state index < -0.39 is 29.1 Å². The minimum absolute atomic E-state index is 0.145. The van der Waals surface area contributed by atoms with Gasteiger partial charge in [0.1, 0.15) is 12.0 Å². The first-order valence-electron chi connectivity index (χ1n) is 11.1. The molecule has 3 aliphatic heterocycles. The van der Waals surface area contributed by atoms with Crippen molar-refractivity contribution in [2.45, 2.75) is 36.2 Å². The van der Waals surface area contributed by atoms with Crippen LogP contribution in [0.5, 0.6) is 5.75 Å². The summed E-state index contributed by atoms with van der Waals surface area (Å²) in [5, 5.41) is 10.6. The summed E-state index contributed by atoms with van der Waals surface area (Å²) in [7, 11) is 0. The lowest BCUT2D eigenvalue weighted by Gasteiger charge is -2.45. The molecule has 9 heteroatoms. The SMILES string of the molecule is C[C@H]1COCC2Nn3c(-c4cc(F)cc5c4Cc4ccccc4SC5)cc(=O)c(O)c3C(=O)N21. The zero-order valence-corrected chi connectivity index (χ0v) is 19.2. The number of nitrogens with zero attached hydrogens (tertiary/aromatic N) is 2. The molecule has 34 heavy (non-hydrogen) atoms. The summed E-state index contributed by atoms with van der Waals surface area (Å²) in [6, 6.07) is 12.0. The van der Waals surface area contributed by atoms with Gasteiger partial charge in [0, 0.05) is 22.3 Å². The van der Waals surface area contributed by atoms with Crippen molar-refractivity contribution in [1.82, 2.24) is 9.58 Å². The minimum atomic E-state index is -0.683. The number of aromatic nitrogens is 1. The van der Waals surface area contributed by atoms with Crippen LogP contribution in [0.1, 0.15) is 34.1 Å². The smallest absolute Gasteiger partial charge is 0.278 e. The number of carbonyl (C=O) groups is 1. The third-order valence-corrected chi connectivity index (χ3v) is 7.82. The molecule has 0 bridgehead atoms. The van der Waals surface area contributed by atoms with Crippen LogP contribution in [0.15, 0.2) is 52.2 Å². The van der Waals surface area contributed by atoms with Crippen LogP contribution in [0.25, 0.3) is 11.3 Å². The molecule has 6 rings (SSSR count). The molecule has 2 atom stereocenters. The van der Waals surface area contributed by atoms with Crippen molar-refractivity contribution in [2.75, 3.05) is 18.6 Å². The molecule has 1 saturated heterocycles. The molecular weight excluding hydrogens is 457 g/mol. The Bertz CT molecular complexity index is 1410. The Morgan fingerprint density at radius 1 is 1.15 bits per heavy atom. The molecule has 1 unspecified atom stereocenters. The number of hydrogen-bond donors (Lipinski definition) is 2. The molecule has 4 heterocycles. The van der Waals surface area contributed by atoms with Gasteiger partial charge >= 0.3 is 0 Å². The van der Waals surface area contributed by atoms with E-state index >= 15 is 0 Å². The number of aromatic hydroxyl groups is 1. The number of thioether (sulfide) groups is 1. The standard InChI is InChI=1S/C25H22FN3O4S/c1-13-10-33-11-22-27-29-19(9-20(30)24(31)23(29)25(32)28(13)22)18-8-16(26)6-15-12-34-21-5-3-2-4-14(21)7-17(15)18/h2-6,8-9,13,22,27,31H,7,10-12H2,1H3/t13-,22?/m0/s1. The topological polar surface area (TPSA) is 83.8 Å². The van der Waals surface area contributed by atoms with Crippen LogP contribution in [-0.4, -0.2) is 46.0 Å². The normalized spacial score (nSPS) is 21.0. The van der Waals surface area contributed by atoms with Gasteiger partial charge in [0.05, 0.1) is 24.9 Å².